The number of hydrogen-bond donors (Lipinski definition) is 1. The third-order valence-electron chi connectivity index (χ3n) is 3.57. The molecule has 1 amide bonds. The maximum Gasteiger partial charge on any atom is 0.238 e. The normalized spacial score (nSPS) is 18.9. The Hall–Kier alpha value is -2.15. The fourth-order valence-corrected chi connectivity index (χ4v) is 2.47. The first-order chi connectivity index (χ1) is 10.2. The van der Waals surface area contributed by atoms with E-state index in [4.69, 9.17) is 14.7 Å². The van der Waals surface area contributed by atoms with Crippen LogP contribution in [0, 0.1) is 0 Å². The van der Waals surface area contributed by atoms with E-state index in [-0.39, 0.29) is 11.9 Å². The van der Waals surface area contributed by atoms with Crippen LogP contribution < -0.4 is 5.73 Å². The van der Waals surface area contributed by atoms with E-state index in [1.165, 1.54) is 0 Å². The molecule has 0 aromatic carbocycles. The van der Waals surface area contributed by atoms with Gasteiger partial charge in [0, 0.05) is 32.0 Å². The van der Waals surface area contributed by atoms with Crippen molar-refractivity contribution in [2.75, 3.05) is 13.1 Å². The minimum atomic E-state index is 0.0860. The first kappa shape index (κ1) is 13.8. The second-order valence-electron chi connectivity index (χ2n) is 5.23. The molecular weight excluding hydrogens is 272 g/mol. The highest BCUT2D eigenvalue weighted by Crippen LogP contribution is 2.17. The van der Waals surface area contributed by atoms with E-state index in [9.17, 15) is 4.79 Å². The number of aryl methyl sites for hydroxylation is 1. The molecule has 112 valence electrons. The van der Waals surface area contributed by atoms with E-state index in [0.717, 1.165) is 19.4 Å². The van der Waals surface area contributed by atoms with Crippen LogP contribution in [0.2, 0.25) is 0 Å². The Kier molecular flexibility index (Phi) is 4.01. The van der Waals surface area contributed by atoms with Crippen LogP contribution in [-0.4, -0.2) is 40.1 Å². The number of carbonyl (C=O) groups is 1. The number of nitrogens with two attached hydrogens (primary N) is 1. The van der Waals surface area contributed by atoms with Gasteiger partial charge in [-0.3, -0.25) is 4.79 Å². The molecule has 2 N–H and O–H groups in total. The van der Waals surface area contributed by atoms with Crippen molar-refractivity contribution in [3.63, 3.8) is 0 Å². The molecule has 3 rings (SSSR count). The van der Waals surface area contributed by atoms with Gasteiger partial charge >= 0.3 is 0 Å². The number of amides is 1. The summed E-state index contributed by atoms with van der Waals surface area (Å²) < 4.78 is 10.3. The number of aromatic nitrogens is 2. The number of piperidine rings is 1. The van der Waals surface area contributed by atoms with Crippen LogP contribution in [0.3, 0.4) is 0 Å². The molecule has 0 spiro atoms. The molecule has 21 heavy (non-hydrogen) atoms. The van der Waals surface area contributed by atoms with Gasteiger partial charge in [-0.05, 0) is 25.0 Å². The number of nitrogens with zero attached hydrogens (tertiary/aromatic N) is 3. The number of furan rings is 1. The minimum Gasteiger partial charge on any atom is -0.461 e. The Morgan fingerprint density at radius 3 is 3.19 bits per heavy atom. The van der Waals surface area contributed by atoms with Gasteiger partial charge in [0.1, 0.15) is 0 Å². The summed E-state index contributed by atoms with van der Waals surface area (Å²) in [6.45, 7) is 1.42. The molecule has 3 heterocycles. The maximum atomic E-state index is 12.1. The monoisotopic (exact) mass is 290 g/mol. The van der Waals surface area contributed by atoms with Gasteiger partial charge in [-0.1, -0.05) is 5.16 Å². The van der Waals surface area contributed by atoms with Crippen molar-refractivity contribution >= 4 is 5.91 Å². The number of likely N-dealkylation sites (tertiary alicyclic amines) is 1. The molecule has 7 heteroatoms. The zero-order valence-electron chi connectivity index (χ0n) is 11.7. The van der Waals surface area contributed by atoms with Crippen LogP contribution in [0.25, 0.3) is 11.6 Å². The average Bonchev–Trinajstić information content (AvgIpc) is 3.15. The van der Waals surface area contributed by atoms with Gasteiger partial charge in [0.15, 0.2) is 5.76 Å². The highest BCUT2D eigenvalue weighted by Gasteiger charge is 2.21. The van der Waals surface area contributed by atoms with Crippen molar-refractivity contribution in [2.45, 2.75) is 31.7 Å². The van der Waals surface area contributed by atoms with Crippen LogP contribution in [0.4, 0.5) is 0 Å². The lowest BCUT2D eigenvalue weighted by molar-refractivity contribution is -0.132. The predicted molar refractivity (Wildman–Crippen MR) is 74.1 cm³/mol. The minimum absolute atomic E-state index is 0.0860. The Morgan fingerprint density at radius 1 is 1.52 bits per heavy atom. The van der Waals surface area contributed by atoms with Crippen molar-refractivity contribution in [3.05, 3.63) is 24.3 Å². The first-order valence-electron chi connectivity index (χ1n) is 7.12. The van der Waals surface area contributed by atoms with E-state index in [1.807, 2.05) is 4.90 Å². The molecular formula is C14H18N4O3. The van der Waals surface area contributed by atoms with Gasteiger partial charge in [0.2, 0.25) is 17.6 Å². The molecule has 1 aliphatic heterocycles. The highest BCUT2D eigenvalue weighted by molar-refractivity contribution is 5.76. The van der Waals surface area contributed by atoms with E-state index >= 15 is 0 Å². The summed E-state index contributed by atoms with van der Waals surface area (Å²) in [6.07, 6.45) is 4.29. The van der Waals surface area contributed by atoms with Gasteiger partial charge in [0.25, 0.3) is 0 Å². The van der Waals surface area contributed by atoms with Crippen LogP contribution in [-0.2, 0) is 11.2 Å². The van der Waals surface area contributed by atoms with Gasteiger partial charge < -0.3 is 19.6 Å². The van der Waals surface area contributed by atoms with E-state index in [1.54, 1.807) is 18.4 Å². The second-order valence-corrected chi connectivity index (χ2v) is 5.23. The quantitative estimate of drug-likeness (QED) is 0.908. The average molecular weight is 290 g/mol. The molecule has 0 aliphatic carbocycles. The number of carbonyl (C=O) groups excluding carboxylic acids is 1. The SMILES string of the molecule is NC1CCCN(C(=O)CCc2nc(-c3ccco3)no2)C1. The third kappa shape index (κ3) is 3.30. The summed E-state index contributed by atoms with van der Waals surface area (Å²) in [5.41, 5.74) is 5.88. The van der Waals surface area contributed by atoms with Crippen LogP contribution in [0.15, 0.2) is 27.3 Å². The Morgan fingerprint density at radius 2 is 2.43 bits per heavy atom. The summed E-state index contributed by atoms with van der Waals surface area (Å²) in [5, 5.41) is 3.84. The smallest absolute Gasteiger partial charge is 0.238 e. The highest BCUT2D eigenvalue weighted by atomic mass is 16.5. The predicted octanol–water partition coefficient (Wildman–Crippen LogP) is 1.21. The summed E-state index contributed by atoms with van der Waals surface area (Å²) in [5.74, 6) is 1.49. The van der Waals surface area contributed by atoms with Gasteiger partial charge in [-0.25, -0.2) is 0 Å². The lowest BCUT2D eigenvalue weighted by Gasteiger charge is -2.30. The topological polar surface area (TPSA) is 98.4 Å². The fraction of sp³-hybridized carbons (Fsp3) is 0.500. The third-order valence-corrected chi connectivity index (χ3v) is 3.57. The van der Waals surface area contributed by atoms with Crippen LogP contribution in [0.5, 0.6) is 0 Å². The molecule has 1 aliphatic rings. The van der Waals surface area contributed by atoms with Crippen molar-refractivity contribution in [3.8, 4) is 11.6 Å². The lowest BCUT2D eigenvalue weighted by atomic mass is 10.1. The molecule has 2 aromatic heterocycles. The Balaban J connectivity index is 1.54. The molecule has 1 saturated heterocycles. The van der Waals surface area contributed by atoms with E-state index < -0.39 is 0 Å². The molecule has 2 aromatic rings. The van der Waals surface area contributed by atoms with Gasteiger partial charge in [-0.2, -0.15) is 4.98 Å². The van der Waals surface area contributed by atoms with Crippen molar-refractivity contribution < 1.29 is 13.7 Å². The summed E-state index contributed by atoms with van der Waals surface area (Å²) >= 11 is 0. The van der Waals surface area contributed by atoms with Crippen molar-refractivity contribution in [1.82, 2.24) is 15.0 Å². The van der Waals surface area contributed by atoms with E-state index in [2.05, 4.69) is 10.1 Å². The summed E-state index contributed by atoms with van der Waals surface area (Å²) in [7, 11) is 0. The molecule has 1 fully saturated rings. The molecule has 0 radical (unpaired) electrons. The first-order valence-corrected chi connectivity index (χ1v) is 7.12. The largest absolute Gasteiger partial charge is 0.461 e. The summed E-state index contributed by atoms with van der Waals surface area (Å²) in [4.78, 5) is 18.1. The molecule has 7 nitrogen and oxygen atoms in total. The molecule has 0 saturated carbocycles. The second kappa shape index (κ2) is 6.09. The van der Waals surface area contributed by atoms with Gasteiger partial charge in [0.05, 0.1) is 6.26 Å². The maximum absolute atomic E-state index is 12.1. The number of rotatable bonds is 4. The molecule has 0 bridgehead atoms. The lowest BCUT2D eigenvalue weighted by Crippen LogP contribution is -2.45. The van der Waals surface area contributed by atoms with Crippen LogP contribution in [0.1, 0.15) is 25.2 Å². The standard InChI is InChI=1S/C14H18N4O3/c15-10-3-1-7-18(9-10)13(19)6-5-12-16-14(17-21-12)11-4-2-8-20-11/h2,4,8,10H,1,3,5-7,9,15H2. The van der Waals surface area contributed by atoms with Crippen LogP contribution >= 0.6 is 0 Å². The zero-order chi connectivity index (χ0) is 14.7. The Bertz CT molecular complexity index is 593. The number of hydrogen-bond acceptors (Lipinski definition) is 6. The summed E-state index contributed by atoms with van der Waals surface area (Å²) in [6, 6.07) is 3.61. The zero-order valence-corrected chi connectivity index (χ0v) is 11.7. The van der Waals surface area contributed by atoms with Crippen molar-refractivity contribution in [1.29, 1.82) is 0 Å². The Labute approximate surface area is 122 Å². The van der Waals surface area contributed by atoms with Crippen molar-refractivity contribution in [2.24, 2.45) is 5.73 Å². The van der Waals surface area contributed by atoms with E-state index in [0.29, 0.717) is 36.9 Å². The van der Waals surface area contributed by atoms with Gasteiger partial charge in [-0.15, -0.1) is 0 Å². The molecule has 1 unspecified atom stereocenters. The molecule has 1 atom stereocenters. The fourth-order valence-electron chi connectivity index (χ4n) is 2.47.